The second kappa shape index (κ2) is 7.75. The monoisotopic (exact) mass is 315 g/mol. The lowest BCUT2D eigenvalue weighted by atomic mass is 10.2. The standard InChI is InChI=1S/C15H22FNO3S/c16-14-6-8-15(9-7-14)20-12-5-13-21(18,19)17-10-3-1-2-4-11-17/h6-9H,1-5,10-13H2. The molecule has 6 heteroatoms. The van der Waals surface area contributed by atoms with Crippen molar-refractivity contribution in [2.45, 2.75) is 32.1 Å². The van der Waals surface area contributed by atoms with E-state index >= 15 is 0 Å². The summed E-state index contributed by atoms with van der Waals surface area (Å²) in [6.07, 6.45) is 4.56. The molecular formula is C15H22FNO3S. The summed E-state index contributed by atoms with van der Waals surface area (Å²) in [5.74, 6) is 0.350. The average Bonchev–Trinajstić information content (AvgIpc) is 2.75. The van der Waals surface area contributed by atoms with Crippen molar-refractivity contribution < 1.29 is 17.5 Å². The van der Waals surface area contributed by atoms with Crippen LogP contribution in [0.3, 0.4) is 0 Å². The molecule has 0 radical (unpaired) electrons. The van der Waals surface area contributed by atoms with Gasteiger partial charge in [-0.2, -0.15) is 0 Å². The third-order valence-corrected chi connectivity index (χ3v) is 5.54. The predicted octanol–water partition coefficient (Wildman–Crippen LogP) is 2.80. The van der Waals surface area contributed by atoms with Gasteiger partial charge in [0.15, 0.2) is 0 Å². The fourth-order valence-electron chi connectivity index (χ4n) is 2.41. The molecule has 1 aromatic rings. The van der Waals surface area contributed by atoms with Crippen LogP contribution in [0.1, 0.15) is 32.1 Å². The Balaban J connectivity index is 1.75. The summed E-state index contributed by atoms with van der Waals surface area (Å²) in [5, 5.41) is 0. The number of hydrogen-bond acceptors (Lipinski definition) is 3. The zero-order valence-corrected chi connectivity index (χ0v) is 12.9. The van der Waals surface area contributed by atoms with Crippen molar-refractivity contribution in [1.29, 1.82) is 0 Å². The van der Waals surface area contributed by atoms with Crippen LogP contribution in [-0.4, -0.2) is 38.2 Å². The maximum Gasteiger partial charge on any atom is 0.214 e. The number of rotatable bonds is 6. The molecule has 0 aliphatic carbocycles. The summed E-state index contributed by atoms with van der Waals surface area (Å²) in [6, 6.07) is 5.73. The number of hydrogen-bond donors (Lipinski definition) is 0. The molecule has 0 amide bonds. The minimum atomic E-state index is -3.17. The van der Waals surface area contributed by atoms with E-state index in [-0.39, 0.29) is 11.6 Å². The molecule has 1 aromatic carbocycles. The second-order valence-corrected chi connectivity index (χ2v) is 7.37. The number of ether oxygens (including phenoxy) is 1. The van der Waals surface area contributed by atoms with Gasteiger partial charge in [-0.25, -0.2) is 17.1 Å². The Hall–Kier alpha value is -1.14. The van der Waals surface area contributed by atoms with Crippen LogP contribution < -0.4 is 4.74 Å². The highest BCUT2D eigenvalue weighted by atomic mass is 32.2. The Labute approximate surface area is 126 Å². The van der Waals surface area contributed by atoms with Gasteiger partial charge < -0.3 is 4.74 Å². The molecule has 0 spiro atoms. The van der Waals surface area contributed by atoms with E-state index in [0.29, 0.717) is 31.9 Å². The van der Waals surface area contributed by atoms with Gasteiger partial charge in [0, 0.05) is 13.1 Å². The van der Waals surface area contributed by atoms with Gasteiger partial charge in [-0.05, 0) is 43.5 Å². The first-order valence-electron chi connectivity index (χ1n) is 7.44. The van der Waals surface area contributed by atoms with Crippen molar-refractivity contribution in [3.8, 4) is 5.75 Å². The molecule has 0 bridgehead atoms. The molecule has 2 rings (SSSR count). The van der Waals surface area contributed by atoms with Crippen LogP contribution in [0.2, 0.25) is 0 Å². The summed E-state index contributed by atoms with van der Waals surface area (Å²) >= 11 is 0. The van der Waals surface area contributed by atoms with Gasteiger partial charge in [-0.3, -0.25) is 0 Å². The molecule has 1 saturated heterocycles. The van der Waals surface area contributed by atoms with E-state index in [1.807, 2.05) is 0 Å². The smallest absolute Gasteiger partial charge is 0.214 e. The molecule has 0 saturated carbocycles. The van der Waals surface area contributed by atoms with Crippen LogP contribution in [0.4, 0.5) is 4.39 Å². The van der Waals surface area contributed by atoms with Gasteiger partial charge in [0.1, 0.15) is 11.6 Å². The van der Waals surface area contributed by atoms with Gasteiger partial charge in [0.05, 0.1) is 12.4 Å². The zero-order chi connectivity index (χ0) is 15.1. The largest absolute Gasteiger partial charge is 0.494 e. The lowest BCUT2D eigenvalue weighted by molar-refractivity contribution is 0.315. The lowest BCUT2D eigenvalue weighted by Gasteiger charge is -2.19. The summed E-state index contributed by atoms with van der Waals surface area (Å²) in [5.41, 5.74) is 0. The molecule has 1 fully saturated rings. The van der Waals surface area contributed by atoms with Gasteiger partial charge in [-0.1, -0.05) is 12.8 Å². The molecule has 4 nitrogen and oxygen atoms in total. The van der Waals surface area contributed by atoms with Crippen molar-refractivity contribution in [1.82, 2.24) is 4.31 Å². The number of halogens is 1. The van der Waals surface area contributed by atoms with E-state index in [1.54, 1.807) is 16.4 Å². The number of benzene rings is 1. The summed E-state index contributed by atoms with van der Waals surface area (Å²) < 4.78 is 44.2. The average molecular weight is 315 g/mol. The van der Waals surface area contributed by atoms with E-state index in [1.165, 1.54) is 12.1 Å². The van der Waals surface area contributed by atoms with E-state index in [4.69, 9.17) is 4.74 Å². The lowest BCUT2D eigenvalue weighted by Crippen LogP contribution is -2.34. The van der Waals surface area contributed by atoms with E-state index in [2.05, 4.69) is 0 Å². The zero-order valence-electron chi connectivity index (χ0n) is 12.1. The topological polar surface area (TPSA) is 46.6 Å². The molecule has 1 heterocycles. The van der Waals surface area contributed by atoms with Crippen molar-refractivity contribution >= 4 is 10.0 Å². The van der Waals surface area contributed by atoms with Gasteiger partial charge in [0.25, 0.3) is 0 Å². The highest BCUT2D eigenvalue weighted by Gasteiger charge is 2.22. The van der Waals surface area contributed by atoms with Crippen molar-refractivity contribution in [2.24, 2.45) is 0 Å². The van der Waals surface area contributed by atoms with Gasteiger partial charge in [-0.15, -0.1) is 0 Å². The van der Waals surface area contributed by atoms with Crippen LogP contribution in [0.25, 0.3) is 0 Å². The highest BCUT2D eigenvalue weighted by Crippen LogP contribution is 2.15. The Morgan fingerprint density at radius 3 is 2.29 bits per heavy atom. The fourth-order valence-corrected chi connectivity index (χ4v) is 3.97. The molecule has 0 aromatic heterocycles. The van der Waals surface area contributed by atoms with Gasteiger partial charge in [0.2, 0.25) is 10.0 Å². The Kier molecular flexibility index (Phi) is 5.99. The van der Waals surface area contributed by atoms with E-state index in [0.717, 1.165) is 25.7 Å². The minimum Gasteiger partial charge on any atom is -0.494 e. The van der Waals surface area contributed by atoms with Crippen molar-refractivity contribution in [2.75, 3.05) is 25.4 Å². The molecule has 1 aliphatic rings. The second-order valence-electron chi connectivity index (χ2n) is 5.29. The molecule has 21 heavy (non-hydrogen) atoms. The summed E-state index contributed by atoms with van der Waals surface area (Å²) in [4.78, 5) is 0. The summed E-state index contributed by atoms with van der Waals surface area (Å²) in [6.45, 7) is 1.60. The maximum atomic E-state index is 12.7. The molecule has 0 N–H and O–H groups in total. The van der Waals surface area contributed by atoms with Crippen LogP contribution in [0.15, 0.2) is 24.3 Å². The van der Waals surface area contributed by atoms with Crippen molar-refractivity contribution in [3.05, 3.63) is 30.1 Å². The first kappa shape index (κ1) is 16.2. The SMILES string of the molecule is O=S(=O)(CCCOc1ccc(F)cc1)N1CCCCCC1. The van der Waals surface area contributed by atoms with Crippen LogP contribution in [-0.2, 0) is 10.0 Å². The highest BCUT2D eigenvalue weighted by molar-refractivity contribution is 7.89. The first-order chi connectivity index (χ1) is 10.1. The molecule has 0 atom stereocenters. The Morgan fingerprint density at radius 1 is 1.05 bits per heavy atom. The number of nitrogens with zero attached hydrogens (tertiary/aromatic N) is 1. The third kappa shape index (κ3) is 5.28. The third-order valence-electron chi connectivity index (χ3n) is 3.59. The Morgan fingerprint density at radius 2 is 1.67 bits per heavy atom. The Bertz CT molecular complexity index is 522. The minimum absolute atomic E-state index is 0.105. The number of sulfonamides is 1. The molecular weight excluding hydrogens is 293 g/mol. The van der Waals surface area contributed by atoms with Crippen LogP contribution in [0, 0.1) is 5.82 Å². The van der Waals surface area contributed by atoms with Crippen LogP contribution in [0.5, 0.6) is 5.75 Å². The van der Waals surface area contributed by atoms with Gasteiger partial charge >= 0.3 is 0 Å². The molecule has 118 valence electrons. The maximum absolute atomic E-state index is 12.7. The quantitative estimate of drug-likeness (QED) is 0.758. The summed E-state index contributed by atoms with van der Waals surface area (Å²) in [7, 11) is -3.17. The van der Waals surface area contributed by atoms with Crippen LogP contribution >= 0.6 is 0 Å². The molecule has 1 aliphatic heterocycles. The normalized spacial score (nSPS) is 17.4. The van der Waals surface area contributed by atoms with E-state index < -0.39 is 10.0 Å². The van der Waals surface area contributed by atoms with Crippen molar-refractivity contribution in [3.63, 3.8) is 0 Å². The fraction of sp³-hybridized carbons (Fsp3) is 0.600. The predicted molar refractivity (Wildman–Crippen MR) is 80.3 cm³/mol. The molecule has 0 unspecified atom stereocenters. The van der Waals surface area contributed by atoms with E-state index in [9.17, 15) is 12.8 Å². The first-order valence-corrected chi connectivity index (χ1v) is 9.05.